The highest BCUT2D eigenvalue weighted by atomic mass is 16.2. The molecule has 4 nitrogen and oxygen atoms in total. The second kappa shape index (κ2) is 6.28. The summed E-state index contributed by atoms with van der Waals surface area (Å²) in [5, 5.41) is 2.90. The fourth-order valence-electron chi connectivity index (χ4n) is 1.55. The molecule has 0 saturated heterocycles. The highest BCUT2D eigenvalue weighted by Crippen LogP contribution is 2.19. The zero-order valence-corrected chi connectivity index (χ0v) is 11.7. The van der Waals surface area contributed by atoms with E-state index in [1.807, 2.05) is 37.1 Å². The summed E-state index contributed by atoms with van der Waals surface area (Å²) in [6.45, 7) is 7.17. The highest BCUT2D eigenvalue weighted by Gasteiger charge is 2.08. The van der Waals surface area contributed by atoms with E-state index in [0.29, 0.717) is 19.0 Å². The Morgan fingerprint density at radius 1 is 1.44 bits per heavy atom. The molecule has 0 aliphatic heterocycles. The molecular weight excluding hydrogens is 226 g/mol. The Morgan fingerprint density at radius 3 is 2.67 bits per heavy atom. The van der Waals surface area contributed by atoms with Gasteiger partial charge in [0.05, 0.1) is 6.54 Å². The minimum atomic E-state index is 0.0327. The molecule has 0 spiro atoms. The number of hydrogen-bond donors (Lipinski definition) is 2. The molecule has 1 amide bonds. The summed E-state index contributed by atoms with van der Waals surface area (Å²) in [4.78, 5) is 13.6. The van der Waals surface area contributed by atoms with Crippen LogP contribution in [0, 0.1) is 12.8 Å². The third-order valence-electron chi connectivity index (χ3n) is 2.79. The van der Waals surface area contributed by atoms with Crippen molar-refractivity contribution in [2.75, 3.05) is 30.8 Å². The van der Waals surface area contributed by atoms with Crippen LogP contribution in [0.1, 0.15) is 19.4 Å². The van der Waals surface area contributed by atoms with Gasteiger partial charge in [0.15, 0.2) is 0 Å². The van der Waals surface area contributed by atoms with E-state index in [1.54, 1.807) is 0 Å². The zero-order valence-electron chi connectivity index (χ0n) is 11.7. The fourth-order valence-corrected chi connectivity index (χ4v) is 1.55. The van der Waals surface area contributed by atoms with Gasteiger partial charge < -0.3 is 16.0 Å². The summed E-state index contributed by atoms with van der Waals surface area (Å²) in [5.41, 5.74) is 8.62. The standard InChI is InChI=1S/C14H23N3O/c1-10(2)8-16-14(18)9-17(4)12-6-5-11(3)13(15)7-12/h5-7,10H,8-9,15H2,1-4H3,(H,16,18). The Kier molecular flexibility index (Phi) is 5.01. The molecule has 0 unspecified atom stereocenters. The van der Waals surface area contributed by atoms with Crippen LogP contribution in [-0.4, -0.2) is 26.0 Å². The Balaban J connectivity index is 2.56. The van der Waals surface area contributed by atoms with Crippen LogP contribution < -0.4 is 16.0 Å². The SMILES string of the molecule is Cc1ccc(N(C)CC(=O)NCC(C)C)cc1N. The summed E-state index contributed by atoms with van der Waals surface area (Å²) in [6.07, 6.45) is 0. The average Bonchev–Trinajstić information content (AvgIpc) is 2.30. The largest absolute Gasteiger partial charge is 0.398 e. The van der Waals surface area contributed by atoms with E-state index in [2.05, 4.69) is 19.2 Å². The summed E-state index contributed by atoms with van der Waals surface area (Å²) >= 11 is 0. The van der Waals surface area contributed by atoms with E-state index < -0.39 is 0 Å². The molecule has 0 aliphatic rings. The van der Waals surface area contributed by atoms with Crippen molar-refractivity contribution in [2.24, 2.45) is 5.92 Å². The van der Waals surface area contributed by atoms with Crippen LogP contribution >= 0.6 is 0 Å². The highest BCUT2D eigenvalue weighted by molar-refractivity contribution is 5.81. The topological polar surface area (TPSA) is 58.4 Å². The molecule has 100 valence electrons. The molecule has 0 aromatic heterocycles. The number of carbonyl (C=O) groups is 1. The van der Waals surface area contributed by atoms with Crippen LogP contribution in [-0.2, 0) is 4.79 Å². The molecule has 1 aromatic carbocycles. The van der Waals surface area contributed by atoms with Gasteiger partial charge in [0.1, 0.15) is 0 Å². The van der Waals surface area contributed by atoms with Crippen molar-refractivity contribution in [3.63, 3.8) is 0 Å². The van der Waals surface area contributed by atoms with Crippen LogP contribution in [0.2, 0.25) is 0 Å². The first-order valence-corrected chi connectivity index (χ1v) is 6.24. The van der Waals surface area contributed by atoms with Crippen molar-refractivity contribution >= 4 is 17.3 Å². The van der Waals surface area contributed by atoms with E-state index in [4.69, 9.17) is 5.73 Å². The van der Waals surface area contributed by atoms with E-state index in [0.717, 1.165) is 16.9 Å². The first-order valence-electron chi connectivity index (χ1n) is 6.24. The Morgan fingerprint density at radius 2 is 2.11 bits per heavy atom. The second-order valence-corrected chi connectivity index (χ2v) is 5.09. The van der Waals surface area contributed by atoms with E-state index >= 15 is 0 Å². The first kappa shape index (κ1) is 14.4. The van der Waals surface area contributed by atoms with Crippen LogP contribution in [0.15, 0.2) is 18.2 Å². The van der Waals surface area contributed by atoms with Crippen molar-refractivity contribution in [1.29, 1.82) is 0 Å². The molecule has 0 saturated carbocycles. The molecule has 1 aromatic rings. The summed E-state index contributed by atoms with van der Waals surface area (Å²) < 4.78 is 0. The fraction of sp³-hybridized carbons (Fsp3) is 0.500. The first-order chi connectivity index (χ1) is 8.40. The Bertz CT molecular complexity index is 416. The normalized spacial score (nSPS) is 10.5. The number of rotatable bonds is 5. The molecule has 0 fully saturated rings. The predicted molar refractivity (Wildman–Crippen MR) is 76.7 cm³/mol. The Labute approximate surface area is 109 Å². The third kappa shape index (κ3) is 4.28. The third-order valence-corrected chi connectivity index (χ3v) is 2.79. The van der Waals surface area contributed by atoms with Crippen LogP contribution in [0.3, 0.4) is 0 Å². The van der Waals surface area contributed by atoms with Gasteiger partial charge in [0.25, 0.3) is 0 Å². The minimum Gasteiger partial charge on any atom is -0.398 e. The number of benzene rings is 1. The maximum absolute atomic E-state index is 11.7. The van der Waals surface area contributed by atoms with Gasteiger partial charge in [-0.15, -0.1) is 0 Å². The lowest BCUT2D eigenvalue weighted by molar-refractivity contribution is -0.119. The van der Waals surface area contributed by atoms with Gasteiger partial charge in [0, 0.05) is 25.0 Å². The van der Waals surface area contributed by atoms with E-state index in [9.17, 15) is 4.79 Å². The average molecular weight is 249 g/mol. The van der Waals surface area contributed by atoms with Gasteiger partial charge in [-0.3, -0.25) is 4.79 Å². The number of nitrogens with two attached hydrogens (primary N) is 1. The molecule has 0 bridgehead atoms. The van der Waals surface area contributed by atoms with Gasteiger partial charge in [-0.25, -0.2) is 0 Å². The number of nitrogens with zero attached hydrogens (tertiary/aromatic N) is 1. The molecule has 0 heterocycles. The summed E-state index contributed by atoms with van der Waals surface area (Å²) in [7, 11) is 1.89. The number of hydrogen-bond acceptors (Lipinski definition) is 3. The number of amides is 1. The maximum Gasteiger partial charge on any atom is 0.239 e. The summed E-state index contributed by atoms with van der Waals surface area (Å²) in [6, 6.07) is 5.83. The zero-order chi connectivity index (χ0) is 13.7. The number of anilines is 2. The molecule has 1 rings (SSSR count). The van der Waals surface area contributed by atoms with Crippen molar-refractivity contribution in [2.45, 2.75) is 20.8 Å². The van der Waals surface area contributed by atoms with Gasteiger partial charge >= 0.3 is 0 Å². The number of nitrogens with one attached hydrogen (secondary N) is 1. The Hall–Kier alpha value is -1.71. The van der Waals surface area contributed by atoms with Crippen LogP contribution in [0.5, 0.6) is 0 Å². The van der Waals surface area contributed by atoms with Gasteiger partial charge in [0.2, 0.25) is 5.91 Å². The number of aryl methyl sites for hydroxylation is 1. The second-order valence-electron chi connectivity index (χ2n) is 5.09. The predicted octanol–water partition coefficient (Wildman–Crippen LogP) is 1.79. The lowest BCUT2D eigenvalue weighted by Gasteiger charge is -2.20. The van der Waals surface area contributed by atoms with Crippen molar-refractivity contribution in [3.8, 4) is 0 Å². The van der Waals surface area contributed by atoms with Crippen molar-refractivity contribution in [1.82, 2.24) is 5.32 Å². The molecule has 18 heavy (non-hydrogen) atoms. The van der Waals surface area contributed by atoms with Crippen LogP contribution in [0.25, 0.3) is 0 Å². The van der Waals surface area contributed by atoms with Gasteiger partial charge in [-0.1, -0.05) is 19.9 Å². The molecular formula is C14H23N3O. The van der Waals surface area contributed by atoms with Gasteiger partial charge in [-0.2, -0.15) is 0 Å². The number of nitrogen functional groups attached to an aromatic ring is 1. The molecule has 0 atom stereocenters. The smallest absolute Gasteiger partial charge is 0.239 e. The maximum atomic E-state index is 11.7. The minimum absolute atomic E-state index is 0.0327. The number of carbonyl (C=O) groups excluding carboxylic acids is 1. The number of likely N-dealkylation sites (N-methyl/N-ethyl adjacent to an activating group) is 1. The van der Waals surface area contributed by atoms with Crippen molar-refractivity contribution < 1.29 is 4.79 Å². The quantitative estimate of drug-likeness (QED) is 0.782. The monoisotopic (exact) mass is 249 g/mol. The van der Waals surface area contributed by atoms with E-state index in [-0.39, 0.29) is 5.91 Å². The lowest BCUT2D eigenvalue weighted by atomic mass is 10.2. The lowest BCUT2D eigenvalue weighted by Crippen LogP contribution is -2.36. The van der Waals surface area contributed by atoms with Gasteiger partial charge in [-0.05, 0) is 30.5 Å². The van der Waals surface area contributed by atoms with Crippen LogP contribution in [0.4, 0.5) is 11.4 Å². The summed E-state index contributed by atoms with van der Waals surface area (Å²) in [5.74, 6) is 0.500. The molecule has 0 aliphatic carbocycles. The van der Waals surface area contributed by atoms with E-state index in [1.165, 1.54) is 0 Å². The van der Waals surface area contributed by atoms with Crippen molar-refractivity contribution in [3.05, 3.63) is 23.8 Å². The molecule has 0 radical (unpaired) electrons. The molecule has 4 heteroatoms. The molecule has 3 N–H and O–H groups in total.